The van der Waals surface area contributed by atoms with Crippen molar-refractivity contribution < 1.29 is 9.59 Å². The number of imide groups is 1. The number of hydrogen-bond donors (Lipinski definition) is 1. The van der Waals surface area contributed by atoms with Gasteiger partial charge in [-0.1, -0.05) is 36.3 Å². The van der Waals surface area contributed by atoms with Crippen LogP contribution in [-0.4, -0.2) is 23.4 Å². The maximum atomic E-state index is 11.9. The van der Waals surface area contributed by atoms with Gasteiger partial charge in [-0.15, -0.1) is 6.42 Å². The molecule has 1 atom stereocenters. The Morgan fingerprint density at radius 2 is 2.00 bits per heavy atom. The molecule has 17 heavy (non-hydrogen) atoms. The zero-order chi connectivity index (χ0) is 12.5. The zero-order valence-corrected chi connectivity index (χ0v) is 9.43. The van der Waals surface area contributed by atoms with E-state index in [2.05, 4.69) is 11.2 Å². The van der Waals surface area contributed by atoms with Gasteiger partial charge in [-0.3, -0.25) is 15.0 Å². The first-order chi connectivity index (χ1) is 8.10. The number of nitrogens with zero attached hydrogens (tertiary/aromatic N) is 1. The van der Waals surface area contributed by atoms with Crippen molar-refractivity contribution in [3.63, 3.8) is 0 Å². The minimum atomic E-state index is -1.02. The van der Waals surface area contributed by atoms with Crippen molar-refractivity contribution in [1.29, 1.82) is 0 Å². The van der Waals surface area contributed by atoms with E-state index in [9.17, 15) is 9.59 Å². The number of rotatable bonds is 2. The molecule has 1 aliphatic heterocycles. The number of carbonyl (C=O) groups is 2. The summed E-state index contributed by atoms with van der Waals surface area (Å²) in [6, 6.07) is 8.67. The van der Waals surface area contributed by atoms with E-state index in [0.29, 0.717) is 0 Å². The average molecular weight is 228 g/mol. The number of hydrogen-bond acceptors (Lipinski definition) is 2. The van der Waals surface area contributed by atoms with Gasteiger partial charge in [0, 0.05) is 0 Å². The fraction of sp³-hybridized carbons (Fsp3) is 0.231. The molecule has 4 heteroatoms. The second kappa shape index (κ2) is 3.95. The highest BCUT2D eigenvalue weighted by Crippen LogP contribution is 2.32. The average Bonchev–Trinajstić information content (AvgIpc) is 2.55. The highest BCUT2D eigenvalue weighted by molar-refractivity contribution is 6.07. The Hall–Kier alpha value is -2.28. The summed E-state index contributed by atoms with van der Waals surface area (Å²) in [6.07, 6.45) is 5.23. The number of terminal acetylenes is 1. The fourth-order valence-electron chi connectivity index (χ4n) is 1.98. The van der Waals surface area contributed by atoms with Crippen molar-refractivity contribution in [2.75, 3.05) is 6.54 Å². The molecule has 0 aliphatic carbocycles. The zero-order valence-electron chi connectivity index (χ0n) is 9.43. The van der Waals surface area contributed by atoms with Crippen molar-refractivity contribution in [1.82, 2.24) is 10.2 Å². The number of amides is 3. The molecule has 1 unspecified atom stereocenters. The Bertz CT molecular complexity index is 504. The molecule has 2 rings (SSSR count). The molecular formula is C13H12N2O2. The summed E-state index contributed by atoms with van der Waals surface area (Å²) in [6.45, 7) is 1.79. The molecule has 4 nitrogen and oxygen atoms in total. The number of carbonyl (C=O) groups excluding carboxylic acids is 2. The van der Waals surface area contributed by atoms with Crippen LogP contribution in [0.3, 0.4) is 0 Å². The maximum Gasteiger partial charge on any atom is 0.326 e. The van der Waals surface area contributed by atoms with Gasteiger partial charge in [-0.25, -0.2) is 4.79 Å². The molecule has 86 valence electrons. The minimum absolute atomic E-state index is 0.100. The summed E-state index contributed by atoms with van der Waals surface area (Å²) in [5.74, 6) is 2.05. The van der Waals surface area contributed by atoms with E-state index in [1.54, 1.807) is 6.92 Å². The molecular weight excluding hydrogens is 216 g/mol. The third-order valence-corrected chi connectivity index (χ3v) is 3.03. The summed E-state index contributed by atoms with van der Waals surface area (Å²) in [5.41, 5.74) is -0.274. The smallest absolute Gasteiger partial charge is 0.295 e. The van der Waals surface area contributed by atoms with Crippen LogP contribution in [0.4, 0.5) is 4.79 Å². The van der Waals surface area contributed by atoms with E-state index in [0.717, 1.165) is 5.56 Å². The summed E-state index contributed by atoms with van der Waals surface area (Å²) in [4.78, 5) is 25.0. The molecule has 1 aromatic carbocycles. The van der Waals surface area contributed by atoms with Crippen LogP contribution >= 0.6 is 0 Å². The summed E-state index contributed by atoms with van der Waals surface area (Å²) in [7, 11) is 0. The topological polar surface area (TPSA) is 49.4 Å². The minimum Gasteiger partial charge on any atom is -0.295 e. The van der Waals surface area contributed by atoms with Crippen LogP contribution in [-0.2, 0) is 10.3 Å². The fourth-order valence-corrected chi connectivity index (χ4v) is 1.98. The van der Waals surface area contributed by atoms with Gasteiger partial charge >= 0.3 is 6.03 Å². The van der Waals surface area contributed by atoms with Crippen molar-refractivity contribution >= 4 is 11.9 Å². The highest BCUT2D eigenvalue weighted by Gasteiger charge is 2.50. The molecule has 3 amide bonds. The van der Waals surface area contributed by atoms with Gasteiger partial charge < -0.3 is 0 Å². The van der Waals surface area contributed by atoms with Crippen molar-refractivity contribution in [2.45, 2.75) is 12.5 Å². The standard InChI is InChI=1S/C13H12N2O2/c1-3-9-15-12(17)14-11(16)13(15,2)10-7-5-4-6-8-10/h1,4-8H,9H2,2H3,(H,14,16,17). The molecule has 0 saturated carbocycles. The molecule has 1 fully saturated rings. The van der Waals surface area contributed by atoms with Crippen LogP contribution in [0, 0.1) is 12.3 Å². The second-order valence-corrected chi connectivity index (χ2v) is 3.99. The predicted octanol–water partition coefficient (Wildman–Crippen LogP) is 1.09. The molecule has 1 aromatic rings. The SMILES string of the molecule is C#CCN1C(=O)NC(=O)C1(C)c1ccccc1. The van der Waals surface area contributed by atoms with Gasteiger partial charge in [0.05, 0.1) is 6.54 Å². The van der Waals surface area contributed by atoms with E-state index in [4.69, 9.17) is 6.42 Å². The summed E-state index contributed by atoms with van der Waals surface area (Å²) >= 11 is 0. The lowest BCUT2D eigenvalue weighted by atomic mass is 9.91. The molecule has 0 radical (unpaired) electrons. The van der Waals surface area contributed by atoms with Crippen LogP contribution in [0.2, 0.25) is 0 Å². The van der Waals surface area contributed by atoms with Crippen LogP contribution in [0.5, 0.6) is 0 Å². The Labute approximate surface area is 99.6 Å². The first kappa shape index (κ1) is 11.2. The molecule has 1 aliphatic rings. The van der Waals surface area contributed by atoms with Crippen LogP contribution in [0.25, 0.3) is 0 Å². The largest absolute Gasteiger partial charge is 0.326 e. The molecule has 1 saturated heterocycles. The van der Waals surface area contributed by atoms with E-state index < -0.39 is 11.6 Å². The van der Waals surface area contributed by atoms with Gasteiger partial charge in [0.1, 0.15) is 5.54 Å². The predicted molar refractivity (Wildman–Crippen MR) is 62.9 cm³/mol. The Morgan fingerprint density at radius 3 is 2.59 bits per heavy atom. The first-order valence-corrected chi connectivity index (χ1v) is 5.22. The molecule has 1 N–H and O–H groups in total. The van der Waals surface area contributed by atoms with E-state index in [-0.39, 0.29) is 12.5 Å². The van der Waals surface area contributed by atoms with E-state index >= 15 is 0 Å². The molecule has 0 aromatic heterocycles. The second-order valence-electron chi connectivity index (χ2n) is 3.99. The Balaban J connectivity index is 2.50. The van der Waals surface area contributed by atoms with Crippen molar-refractivity contribution in [2.24, 2.45) is 0 Å². The third kappa shape index (κ3) is 1.56. The monoisotopic (exact) mass is 228 g/mol. The van der Waals surface area contributed by atoms with Crippen LogP contribution in [0.15, 0.2) is 30.3 Å². The lowest BCUT2D eigenvalue weighted by molar-refractivity contribution is -0.126. The molecule has 0 bridgehead atoms. The summed E-state index contributed by atoms with van der Waals surface area (Å²) < 4.78 is 0. The highest BCUT2D eigenvalue weighted by atomic mass is 16.2. The van der Waals surface area contributed by atoms with Gasteiger partial charge in [0.25, 0.3) is 5.91 Å². The van der Waals surface area contributed by atoms with Crippen molar-refractivity contribution in [3.8, 4) is 12.3 Å². The van der Waals surface area contributed by atoms with Crippen LogP contribution < -0.4 is 5.32 Å². The normalized spacial score (nSPS) is 23.4. The Kier molecular flexibility index (Phi) is 2.60. The number of benzene rings is 1. The van der Waals surface area contributed by atoms with Gasteiger partial charge in [-0.2, -0.15) is 0 Å². The Morgan fingerprint density at radius 1 is 1.35 bits per heavy atom. The quantitative estimate of drug-likeness (QED) is 0.608. The lowest BCUT2D eigenvalue weighted by Gasteiger charge is -2.30. The van der Waals surface area contributed by atoms with E-state index in [1.165, 1.54) is 4.90 Å². The lowest BCUT2D eigenvalue weighted by Crippen LogP contribution is -2.44. The first-order valence-electron chi connectivity index (χ1n) is 5.22. The van der Waals surface area contributed by atoms with Gasteiger partial charge in [0.2, 0.25) is 0 Å². The van der Waals surface area contributed by atoms with Crippen molar-refractivity contribution in [3.05, 3.63) is 35.9 Å². The number of nitrogens with one attached hydrogen (secondary N) is 1. The summed E-state index contributed by atoms with van der Waals surface area (Å²) in [5, 5.41) is 2.29. The molecule has 1 heterocycles. The van der Waals surface area contributed by atoms with E-state index in [1.807, 2.05) is 30.3 Å². The van der Waals surface area contributed by atoms with Crippen LogP contribution in [0.1, 0.15) is 12.5 Å². The maximum absolute atomic E-state index is 11.9. The number of urea groups is 1. The molecule has 0 spiro atoms. The van der Waals surface area contributed by atoms with Gasteiger partial charge in [0.15, 0.2) is 0 Å². The van der Waals surface area contributed by atoms with Gasteiger partial charge in [-0.05, 0) is 12.5 Å². The third-order valence-electron chi connectivity index (χ3n) is 3.03.